The Hall–Kier alpha value is -2.93. The van der Waals surface area contributed by atoms with Crippen LogP contribution in [-0.2, 0) is 5.60 Å². The number of alkyl halides is 5. The molecule has 1 N–H and O–H groups in total. The maximum atomic E-state index is 14.7. The van der Waals surface area contributed by atoms with Gasteiger partial charge in [-0.05, 0) is 40.5 Å². The summed E-state index contributed by atoms with van der Waals surface area (Å²) in [6.07, 6.45) is -5.98. The van der Waals surface area contributed by atoms with E-state index in [1.165, 1.54) is 25.3 Å². The lowest BCUT2D eigenvalue weighted by Gasteiger charge is -2.37. The summed E-state index contributed by atoms with van der Waals surface area (Å²) in [6, 6.07) is 18.1. The fourth-order valence-corrected chi connectivity index (χ4v) is 3.12. The van der Waals surface area contributed by atoms with Crippen LogP contribution in [0.4, 0.5) is 22.0 Å². The normalized spacial score (nSPS) is 14.3. The van der Waals surface area contributed by atoms with Crippen LogP contribution in [0.2, 0.25) is 0 Å². The molecule has 0 spiro atoms. The van der Waals surface area contributed by atoms with Crippen molar-refractivity contribution < 1.29 is 31.8 Å². The Bertz CT molecular complexity index is 968. The van der Waals surface area contributed by atoms with Gasteiger partial charge in [0.1, 0.15) is 5.75 Å². The zero-order valence-corrected chi connectivity index (χ0v) is 15.3. The van der Waals surface area contributed by atoms with Gasteiger partial charge in [-0.3, -0.25) is 0 Å². The number of ether oxygens (including phenoxy) is 1. The topological polar surface area (TPSA) is 29.5 Å². The van der Waals surface area contributed by atoms with Crippen molar-refractivity contribution in [3.05, 3.63) is 90.0 Å². The molecule has 0 aliphatic carbocycles. The summed E-state index contributed by atoms with van der Waals surface area (Å²) in [5.41, 5.74) is -3.81. The van der Waals surface area contributed by atoms with Crippen LogP contribution in [0.25, 0.3) is 11.1 Å². The standard InChI is InChI=1S/C22H17F5O2/c1-29-19-12-10-17(11-13-19)20(28,21(23,24)22(25,26)27)18-9-5-8-16(14-18)15-6-3-2-4-7-15/h2-14,28H,1H3. The third-order valence-electron chi connectivity index (χ3n) is 4.71. The predicted octanol–water partition coefficient (Wildman–Crippen LogP) is 5.80. The first-order valence-electron chi connectivity index (χ1n) is 8.58. The van der Waals surface area contributed by atoms with Crippen molar-refractivity contribution in [2.45, 2.75) is 17.7 Å². The van der Waals surface area contributed by atoms with E-state index < -0.39 is 28.8 Å². The number of hydrogen-bond acceptors (Lipinski definition) is 2. The highest BCUT2D eigenvalue weighted by molar-refractivity contribution is 5.65. The Morgan fingerprint density at radius 1 is 0.690 bits per heavy atom. The van der Waals surface area contributed by atoms with Crippen LogP contribution in [0.15, 0.2) is 78.9 Å². The second kappa shape index (κ2) is 7.48. The average molecular weight is 408 g/mol. The van der Waals surface area contributed by atoms with Gasteiger partial charge in [-0.1, -0.05) is 60.7 Å². The molecule has 0 saturated heterocycles. The van der Waals surface area contributed by atoms with Crippen molar-refractivity contribution in [3.63, 3.8) is 0 Å². The second-order valence-electron chi connectivity index (χ2n) is 6.46. The minimum Gasteiger partial charge on any atom is -0.497 e. The third kappa shape index (κ3) is 3.58. The first kappa shape index (κ1) is 20.8. The lowest BCUT2D eigenvalue weighted by atomic mass is 9.79. The molecular formula is C22H17F5O2. The first-order chi connectivity index (χ1) is 13.6. The molecule has 0 bridgehead atoms. The zero-order chi connectivity index (χ0) is 21.3. The van der Waals surface area contributed by atoms with Gasteiger partial charge in [0.25, 0.3) is 0 Å². The molecule has 2 nitrogen and oxygen atoms in total. The molecule has 7 heteroatoms. The van der Waals surface area contributed by atoms with Crippen molar-refractivity contribution in [3.8, 4) is 16.9 Å². The zero-order valence-electron chi connectivity index (χ0n) is 15.3. The fourth-order valence-electron chi connectivity index (χ4n) is 3.12. The maximum absolute atomic E-state index is 14.7. The minimum atomic E-state index is -5.98. The molecule has 3 aromatic rings. The number of aliphatic hydroxyl groups is 1. The van der Waals surface area contributed by atoms with E-state index in [0.29, 0.717) is 11.1 Å². The summed E-state index contributed by atoms with van der Waals surface area (Å²) in [4.78, 5) is 0. The van der Waals surface area contributed by atoms with Gasteiger partial charge in [-0.25, -0.2) is 0 Å². The van der Waals surface area contributed by atoms with Gasteiger partial charge < -0.3 is 9.84 Å². The molecule has 3 rings (SSSR count). The van der Waals surface area contributed by atoms with Gasteiger partial charge in [-0.2, -0.15) is 22.0 Å². The molecule has 0 heterocycles. The molecule has 152 valence electrons. The van der Waals surface area contributed by atoms with E-state index in [9.17, 15) is 27.1 Å². The molecule has 0 aliphatic heterocycles. The molecule has 0 fully saturated rings. The van der Waals surface area contributed by atoms with Crippen LogP contribution in [0.3, 0.4) is 0 Å². The number of rotatable bonds is 5. The molecule has 0 amide bonds. The number of halogens is 5. The highest BCUT2D eigenvalue weighted by Crippen LogP contribution is 2.52. The molecule has 0 saturated carbocycles. The van der Waals surface area contributed by atoms with Crippen LogP contribution in [0.1, 0.15) is 11.1 Å². The van der Waals surface area contributed by atoms with Crippen LogP contribution in [-0.4, -0.2) is 24.3 Å². The van der Waals surface area contributed by atoms with Crippen molar-refractivity contribution in [1.82, 2.24) is 0 Å². The van der Waals surface area contributed by atoms with Crippen LogP contribution < -0.4 is 4.74 Å². The van der Waals surface area contributed by atoms with E-state index in [1.54, 1.807) is 36.4 Å². The first-order valence-corrected chi connectivity index (χ1v) is 8.58. The highest BCUT2D eigenvalue weighted by Gasteiger charge is 2.71. The number of methoxy groups -OCH3 is 1. The summed E-state index contributed by atoms with van der Waals surface area (Å²) in [5, 5.41) is 10.9. The van der Waals surface area contributed by atoms with Crippen molar-refractivity contribution in [1.29, 1.82) is 0 Å². The lowest BCUT2D eigenvalue weighted by molar-refractivity contribution is -0.336. The van der Waals surface area contributed by atoms with E-state index in [4.69, 9.17) is 4.74 Å². The Balaban J connectivity index is 2.23. The van der Waals surface area contributed by atoms with Gasteiger partial charge in [0.15, 0.2) is 5.60 Å². The van der Waals surface area contributed by atoms with Gasteiger partial charge in [0.05, 0.1) is 7.11 Å². The van der Waals surface area contributed by atoms with Gasteiger partial charge in [0.2, 0.25) is 0 Å². The number of hydrogen-bond donors (Lipinski definition) is 1. The Kier molecular flexibility index (Phi) is 5.36. The van der Waals surface area contributed by atoms with Crippen molar-refractivity contribution in [2.24, 2.45) is 0 Å². The van der Waals surface area contributed by atoms with E-state index in [0.717, 1.165) is 24.3 Å². The van der Waals surface area contributed by atoms with E-state index in [1.807, 2.05) is 0 Å². The Morgan fingerprint density at radius 2 is 1.28 bits per heavy atom. The molecule has 3 aromatic carbocycles. The van der Waals surface area contributed by atoms with Gasteiger partial charge in [-0.15, -0.1) is 0 Å². The van der Waals surface area contributed by atoms with E-state index in [-0.39, 0.29) is 5.75 Å². The summed E-state index contributed by atoms with van der Waals surface area (Å²) in [7, 11) is 1.33. The average Bonchev–Trinajstić information content (AvgIpc) is 2.73. The van der Waals surface area contributed by atoms with Gasteiger partial charge >= 0.3 is 12.1 Å². The summed E-state index contributed by atoms with van der Waals surface area (Å²) in [5.74, 6) is -5.20. The summed E-state index contributed by atoms with van der Waals surface area (Å²) < 4.78 is 74.3. The SMILES string of the molecule is COc1ccc(C(O)(c2cccc(-c3ccccc3)c2)C(F)(F)C(F)(F)F)cc1. The monoisotopic (exact) mass is 408 g/mol. The molecule has 1 unspecified atom stereocenters. The molecule has 0 aliphatic rings. The Labute approximate surface area is 164 Å². The summed E-state index contributed by atoms with van der Waals surface area (Å²) >= 11 is 0. The molecule has 0 radical (unpaired) electrons. The highest BCUT2D eigenvalue weighted by atomic mass is 19.4. The molecular weight excluding hydrogens is 391 g/mol. The summed E-state index contributed by atoms with van der Waals surface area (Å²) in [6.45, 7) is 0. The largest absolute Gasteiger partial charge is 0.497 e. The quantitative estimate of drug-likeness (QED) is 0.541. The second-order valence-corrected chi connectivity index (χ2v) is 6.46. The van der Waals surface area contributed by atoms with Gasteiger partial charge in [0, 0.05) is 0 Å². The van der Waals surface area contributed by atoms with Crippen molar-refractivity contribution in [2.75, 3.05) is 7.11 Å². The molecule has 0 aromatic heterocycles. The Morgan fingerprint density at radius 3 is 1.83 bits per heavy atom. The molecule has 29 heavy (non-hydrogen) atoms. The number of benzene rings is 3. The lowest BCUT2D eigenvalue weighted by Crippen LogP contribution is -2.55. The van der Waals surface area contributed by atoms with Crippen LogP contribution in [0, 0.1) is 0 Å². The van der Waals surface area contributed by atoms with Crippen LogP contribution in [0.5, 0.6) is 5.75 Å². The third-order valence-corrected chi connectivity index (χ3v) is 4.71. The smallest absolute Gasteiger partial charge is 0.457 e. The fraction of sp³-hybridized carbons (Fsp3) is 0.182. The maximum Gasteiger partial charge on any atom is 0.457 e. The molecule has 1 atom stereocenters. The van der Waals surface area contributed by atoms with Crippen LogP contribution >= 0.6 is 0 Å². The van der Waals surface area contributed by atoms with Crippen molar-refractivity contribution >= 4 is 0 Å². The predicted molar refractivity (Wildman–Crippen MR) is 98.9 cm³/mol. The van der Waals surface area contributed by atoms with E-state index >= 15 is 0 Å². The minimum absolute atomic E-state index is 0.254. The van der Waals surface area contributed by atoms with E-state index in [2.05, 4.69) is 0 Å².